The number of rotatable bonds is 3. The van der Waals surface area contributed by atoms with E-state index >= 15 is 0 Å². The minimum absolute atomic E-state index is 0.336. The largest absolute Gasteiger partial charge is 0.495 e. The summed E-state index contributed by atoms with van der Waals surface area (Å²) in [6.45, 7) is 1.83. The maximum absolute atomic E-state index is 12.5. The quantitative estimate of drug-likeness (QED) is 0.866. The Morgan fingerprint density at radius 3 is 2.83 bits per heavy atom. The van der Waals surface area contributed by atoms with E-state index in [-0.39, 0.29) is 0 Å². The van der Waals surface area contributed by atoms with E-state index in [0.29, 0.717) is 28.4 Å². The number of aryl methyl sites for hydroxylation is 1. The van der Waals surface area contributed by atoms with Crippen LogP contribution in [0.3, 0.4) is 0 Å². The predicted molar refractivity (Wildman–Crippen MR) is 90.7 cm³/mol. The summed E-state index contributed by atoms with van der Waals surface area (Å²) < 4.78 is 10.5. The fourth-order valence-electron chi connectivity index (χ4n) is 2.62. The molecule has 1 amide bonds. The average Bonchev–Trinajstić information content (AvgIpc) is 2.57. The van der Waals surface area contributed by atoms with Crippen LogP contribution in [0.4, 0.5) is 5.69 Å². The Balaban J connectivity index is 1.82. The maximum Gasteiger partial charge on any atom is 0.339 e. The van der Waals surface area contributed by atoms with Crippen LogP contribution in [0.25, 0.3) is 0 Å². The van der Waals surface area contributed by atoms with Gasteiger partial charge in [-0.25, -0.2) is 4.79 Å². The van der Waals surface area contributed by atoms with Crippen LogP contribution in [0.15, 0.2) is 36.4 Å². The molecule has 3 rings (SSSR count). The van der Waals surface area contributed by atoms with Gasteiger partial charge in [-0.05, 0) is 30.2 Å². The van der Waals surface area contributed by atoms with Gasteiger partial charge in [0.1, 0.15) is 5.75 Å². The number of fused-ring (bicyclic) bond motifs is 1. The third-order valence-electron chi connectivity index (χ3n) is 3.92. The third kappa shape index (κ3) is 3.08. The molecule has 0 unspecified atom stereocenters. The Morgan fingerprint density at radius 2 is 2.08 bits per heavy atom. The Labute approximate surface area is 144 Å². The number of ether oxygens (including phenoxy) is 2. The molecule has 0 saturated carbocycles. The summed E-state index contributed by atoms with van der Waals surface area (Å²) in [5, 5.41) is 3.30. The summed E-state index contributed by atoms with van der Waals surface area (Å²) in [7, 11) is 1.49. The summed E-state index contributed by atoms with van der Waals surface area (Å²) in [6, 6.07) is 10.5. The standard InChI is InChI=1S/C18H16ClNO4/c1-10-7-14(15(23-2)9-13(10)19)20-17(21)16-8-11-5-3-4-6-12(11)18(22)24-16/h3-7,9,16H,8H2,1-2H3,(H,20,21)/t16-/m0/s1. The van der Waals surface area contributed by atoms with Crippen molar-refractivity contribution < 1.29 is 19.1 Å². The molecule has 1 heterocycles. The van der Waals surface area contributed by atoms with E-state index < -0.39 is 18.0 Å². The molecule has 5 nitrogen and oxygen atoms in total. The highest BCUT2D eigenvalue weighted by Crippen LogP contribution is 2.31. The molecule has 1 N–H and O–H groups in total. The Morgan fingerprint density at radius 1 is 1.33 bits per heavy atom. The van der Waals surface area contributed by atoms with Gasteiger partial charge >= 0.3 is 5.97 Å². The maximum atomic E-state index is 12.5. The van der Waals surface area contributed by atoms with Crippen LogP contribution in [0.1, 0.15) is 21.5 Å². The van der Waals surface area contributed by atoms with Gasteiger partial charge in [0.25, 0.3) is 5.91 Å². The second-order valence-electron chi connectivity index (χ2n) is 5.55. The SMILES string of the molecule is COc1cc(Cl)c(C)cc1NC(=O)[C@@H]1Cc2ccccc2C(=O)O1. The number of hydrogen-bond acceptors (Lipinski definition) is 4. The molecule has 6 heteroatoms. The number of carbonyl (C=O) groups is 2. The molecule has 2 aromatic rings. The van der Waals surface area contributed by atoms with Crippen LogP contribution in [-0.2, 0) is 16.0 Å². The highest BCUT2D eigenvalue weighted by atomic mass is 35.5. The van der Waals surface area contributed by atoms with Gasteiger partial charge in [-0.3, -0.25) is 4.79 Å². The smallest absolute Gasteiger partial charge is 0.339 e. The highest BCUT2D eigenvalue weighted by Gasteiger charge is 2.31. The first-order valence-electron chi connectivity index (χ1n) is 7.43. The topological polar surface area (TPSA) is 64.6 Å². The average molecular weight is 346 g/mol. The van der Waals surface area contributed by atoms with Crippen LogP contribution in [0.2, 0.25) is 5.02 Å². The normalized spacial score (nSPS) is 16.1. The summed E-state index contributed by atoms with van der Waals surface area (Å²) in [5.41, 5.74) is 2.59. The minimum Gasteiger partial charge on any atom is -0.495 e. The van der Waals surface area contributed by atoms with Gasteiger partial charge in [-0.15, -0.1) is 0 Å². The zero-order valence-electron chi connectivity index (χ0n) is 13.3. The number of benzene rings is 2. The third-order valence-corrected chi connectivity index (χ3v) is 4.33. The molecule has 1 aliphatic rings. The van der Waals surface area contributed by atoms with Gasteiger partial charge in [0, 0.05) is 17.5 Å². The van der Waals surface area contributed by atoms with Gasteiger partial charge < -0.3 is 14.8 Å². The first-order chi connectivity index (χ1) is 11.5. The second-order valence-corrected chi connectivity index (χ2v) is 5.95. The number of halogens is 1. The predicted octanol–water partition coefficient (Wildman–Crippen LogP) is 3.38. The molecule has 0 spiro atoms. The van der Waals surface area contributed by atoms with Crippen molar-refractivity contribution in [1.82, 2.24) is 0 Å². The first kappa shape index (κ1) is 16.3. The number of carbonyl (C=O) groups excluding carboxylic acids is 2. The van der Waals surface area contributed by atoms with E-state index in [1.165, 1.54) is 7.11 Å². The van der Waals surface area contributed by atoms with Crippen molar-refractivity contribution in [2.45, 2.75) is 19.4 Å². The van der Waals surface area contributed by atoms with E-state index in [1.807, 2.05) is 19.1 Å². The van der Waals surface area contributed by atoms with Gasteiger partial charge in [0.15, 0.2) is 6.10 Å². The van der Waals surface area contributed by atoms with Gasteiger partial charge in [-0.2, -0.15) is 0 Å². The van der Waals surface area contributed by atoms with E-state index in [4.69, 9.17) is 21.1 Å². The van der Waals surface area contributed by atoms with Crippen molar-refractivity contribution in [3.63, 3.8) is 0 Å². The molecule has 24 heavy (non-hydrogen) atoms. The van der Waals surface area contributed by atoms with E-state index in [9.17, 15) is 9.59 Å². The molecule has 0 aliphatic carbocycles. The molecular weight excluding hydrogens is 330 g/mol. The summed E-state index contributed by atoms with van der Waals surface area (Å²) in [6.07, 6.45) is -0.545. The Hall–Kier alpha value is -2.53. The van der Waals surface area contributed by atoms with E-state index in [1.54, 1.807) is 24.3 Å². The molecule has 1 aliphatic heterocycles. The van der Waals surface area contributed by atoms with Gasteiger partial charge in [0.2, 0.25) is 0 Å². The lowest BCUT2D eigenvalue weighted by molar-refractivity contribution is -0.125. The van der Waals surface area contributed by atoms with Crippen molar-refractivity contribution in [3.8, 4) is 5.75 Å². The Kier molecular flexibility index (Phi) is 4.44. The molecule has 0 bridgehead atoms. The minimum atomic E-state index is -0.881. The van der Waals surface area contributed by atoms with Crippen LogP contribution in [0.5, 0.6) is 5.75 Å². The summed E-state index contributed by atoms with van der Waals surface area (Å²) in [4.78, 5) is 24.5. The van der Waals surface area contributed by atoms with Crippen LogP contribution in [0, 0.1) is 6.92 Å². The number of methoxy groups -OCH3 is 1. The Bertz CT molecular complexity index is 819. The molecule has 0 radical (unpaired) electrons. The van der Waals surface area contributed by atoms with Crippen molar-refractivity contribution in [1.29, 1.82) is 0 Å². The molecule has 0 fully saturated rings. The number of nitrogens with one attached hydrogen (secondary N) is 1. The van der Waals surface area contributed by atoms with Crippen molar-refractivity contribution in [2.24, 2.45) is 0 Å². The van der Waals surface area contributed by atoms with Crippen molar-refractivity contribution >= 4 is 29.2 Å². The summed E-state index contributed by atoms with van der Waals surface area (Å²) >= 11 is 6.06. The monoisotopic (exact) mass is 345 g/mol. The zero-order valence-corrected chi connectivity index (χ0v) is 14.0. The molecule has 2 aromatic carbocycles. The second kappa shape index (κ2) is 6.53. The fourth-order valence-corrected chi connectivity index (χ4v) is 2.77. The zero-order chi connectivity index (χ0) is 17.3. The lowest BCUT2D eigenvalue weighted by atomic mass is 9.98. The van der Waals surface area contributed by atoms with E-state index in [0.717, 1.165) is 11.1 Å². The van der Waals surface area contributed by atoms with Crippen LogP contribution < -0.4 is 10.1 Å². The molecular formula is C18H16ClNO4. The highest BCUT2D eigenvalue weighted by molar-refractivity contribution is 6.31. The molecule has 0 aromatic heterocycles. The number of hydrogen-bond donors (Lipinski definition) is 1. The lowest BCUT2D eigenvalue weighted by Crippen LogP contribution is -2.38. The van der Waals surface area contributed by atoms with Crippen LogP contribution in [-0.4, -0.2) is 25.1 Å². The van der Waals surface area contributed by atoms with Crippen molar-refractivity contribution in [2.75, 3.05) is 12.4 Å². The van der Waals surface area contributed by atoms with Crippen molar-refractivity contribution in [3.05, 3.63) is 58.1 Å². The van der Waals surface area contributed by atoms with Crippen LogP contribution >= 0.6 is 11.6 Å². The summed E-state index contributed by atoms with van der Waals surface area (Å²) in [5.74, 6) is -0.449. The van der Waals surface area contributed by atoms with E-state index in [2.05, 4.69) is 5.32 Å². The molecule has 124 valence electrons. The number of amides is 1. The van der Waals surface area contributed by atoms with Gasteiger partial charge in [-0.1, -0.05) is 29.8 Å². The number of esters is 1. The number of cyclic esters (lactones) is 1. The molecule has 0 saturated heterocycles. The first-order valence-corrected chi connectivity index (χ1v) is 7.81. The number of anilines is 1. The molecule has 1 atom stereocenters. The fraction of sp³-hybridized carbons (Fsp3) is 0.222. The lowest BCUT2D eigenvalue weighted by Gasteiger charge is -2.24. The van der Waals surface area contributed by atoms with Gasteiger partial charge in [0.05, 0.1) is 18.4 Å².